The van der Waals surface area contributed by atoms with Gasteiger partial charge in [0.2, 0.25) is 5.82 Å². The van der Waals surface area contributed by atoms with Crippen LogP contribution < -0.4 is 4.74 Å². The SMILES string of the molecule is CCOc1ccc(C/C=C/OC)c(F)c1F. The van der Waals surface area contributed by atoms with E-state index in [4.69, 9.17) is 4.74 Å². The van der Waals surface area contributed by atoms with Gasteiger partial charge in [-0.25, -0.2) is 4.39 Å². The first kappa shape index (κ1) is 12.5. The van der Waals surface area contributed by atoms with E-state index in [0.29, 0.717) is 6.61 Å². The molecule has 4 heteroatoms. The molecule has 0 fully saturated rings. The quantitative estimate of drug-likeness (QED) is 0.721. The Kier molecular flexibility index (Phi) is 4.76. The predicted octanol–water partition coefficient (Wildman–Crippen LogP) is 3.07. The molecule has 0 heterocycles. The fourth-order valence-electron chi connectivity index (χ4n) is 1.27. The molecule has 0 radical (unpaired) electrons. The van der Waals surface area contributed by atoms with Crippen LogP contribution in [-0.4, -0.2) is 13.7 Å². The number of allylic oxidation sites excluding steroid dienone is 1. The van der Waals surface area contributed by atoms with E-state index in [9.17, 15) is 8.78 Å². The van der Waals surface area contributed by atoms with Crippen molar-refractivity contribution >= 4 is 0 Å². The van der Waals surface area contributed by atoms with Crippen LogP contribution in [0.25, 0.3) is 0 Å². The van der Waals surface area contributed by atoms with E-state index in [-0.39, 0.29) is 17.7 Å². The molecule has 1 aromatic carbocycles. The second-order valence-electron chi connectivity index (χ2n) is 3.10. The zero-order valence-corrected chi connectivity index (χ0v) is 9.30. The Bertz CT molecular complexity index is 376. The van der Waals surface area contributed by atoms with Crippen molar-refractivity contribution in [1.82, 2.24) is 0 Å². The predicted molar refractivity (Wildman–Crippen MR) is 57.4 cm³/mol. The first-order chi connectivity index (χ1) is 7.70. The molecule has 0 saturated carbocycles. The second kappa shape index (κ2) is 6.10. The molecule has 0 N–H and O–H groups in total. The summed E-state index contributed by atoms with van der Waals surface area (Å²) in [7, 11) is 1.49. The molecular formula is C12H14F2O2. The van der Waals surface area contributed by atoms with E-state index in [1.807, 2.05) is 0 Å². The molecular weight excluding hydrogens is 214 g/mol. The molecule has 1 rings (SSSR count). The van der Waals surface area contributed by atoms with Crippen molar-refractivity contribution in [2.75, 3.05) is 13.7 Å². The Morgan fingerprint density at radius 3 is 2.62 bits per heavy atom. The molecule has 0 aromatic heterocycles. The summed E-state index contributed by atoms with van der Waals surface area (Å²) in [5, 5.41) is 0. The first-order valence-electron chi connectivity index (χ1n) is 4.98. The minimum atomic E-state index is -0.940. The van der Waals surface area contributed by atoms with Crippen molar-refractivity contribution in [3.05, 3.63) is 41.7 Å². The zero-order chi connectivity index (χ0) is 12.0. The summed E-state index contributed by atoms with van der Waals surface area (Å²) in [6, 6.07) is 2.93. The van der Waals surface area contributed by atoms with Crippen molar-refractivity contribution in [3.63, 3.8) is 0 Å². The zero-order valence-electron chi connectivity index (χ0n) is 9.30. The van der Waals surface area contributed by atoms with Gasteiger partial charge in [0.25, 0.3) is 0 Å². The van der Waals surface area contributed by atoms with Crippen molar-refractivity contribution < 1.29 is 18.3 Å². The lowest BCUT2D eigenvalue weighted by Crippen LogP contribution is -2.00. The summed E-state index contributed by atoms with van der Waals surface area (Å²) in [5.41, 5.74) is 0.272. The van der Waals surface area contributed by atoms with Crippen molar-refractivity contribution in [1.29, 1.82) is 0 Å². The van der Waals surface area contributed by atoms with Gasteiger partial charge in [-0.3, -0.25) is 0 Å². The number of methoxy groups -OCH3 is 1. The molecule has 0 aliphatic rings. The highest BCUT2D eigenvalue weighted by Gasteiger charge is 2.13. The largest absolute Gasteiger partial charge is 0.505 e. The fraction of sp³-hybridized carbons (Fsp3) is 0.333. The molecule has 0 spiro atoms. The summed E-state index contributed by atoms with van der Waals surface area (Å²) >= 11 is 0. The number of hydrogen-bond acceptors (Lipinski definition) is 2. The first-order valence-corrected chi connectivity index (χ1v) is 4.98. The average Bonchev–Trinajstić information content (AvgIpc) is 2.28. The van der Waals surface area contributed by atoms with Crippen molar-refractivity contribution in [3.8, 4) is 5.75 Å². The fourth-order valence-corrected chi connectivity index (χ4v) is 1.27. The van der Waals surface area contributed by atoms with Gasteiger partial charge in [-0.2, -0.15) is 4.39 Å². The van der Waals surface area contributed by atoms with Gasteiger partial charge in [-0.05, 0) is 31.1 Å². The van der Waals surface area contributed by atoms with Gasteiger partial charge in [-0.15, -0.1) is 0 Å². The maximum absolute atomic E-state index is 13.5. The number of ether oxygens (including phenoxy) is 2. The van der Waals surface area contributed by atoms with E-state index in [1.54, 1.807) is 13.0 Å². The number of rotatable bonds is 5. The summed E-state index contributed by atoms with van der Waals surface area (Å²) in [4.78, 5) is 0. The van der Waals surface area contributed by atoms with Gasteiger partial charge in [0.15, 0.2) is 11.6 Å². The van der Waals surface area contributed by atoms with E-state index < -0.39 is 11.6 Å². The average molecular weight is 228 g/mol. The van der Waals surface area contributed by atoms with Crippen LogP contribution in [0.1, 0.15) is 12.5 Å². The molecule has 0 saturated heterocycles. The monoisotopic (exact) mass is 228 g/mol. The molecule has 0 unspecified atom stereocenters. The van der Waals surface area contributed by atoms with E-state index in [2.05, 4.69) is 4.74 Å². The lowest BCUT2D eigenvalue weighted by Gasteiger charge is -2.07. The standard InChI is InChI=1S/C12H14F2O2/c1-3-16-10-7-6-9(5-4-8-15-2)11(13)12(10)14/h4,6-8H,3,5H2,1-2H3/b8-4+. The van der Waals surface area contributed by atoms with Gasteiger partial charge in [0, 0.05) is 0 Å². The third-order valence-electron chi connectivity index (χ3n) is 2.00. The summed E-state index contributed by atoms with van der Waals surface area (Å²) < 4.78 is 36.5. The molecule has 16 heavy (non-hydrogen) atoms. The van der Waals surface area contributed by atoms with Gasteiger partial charge in [0.05, 0.1) is 20.0 Å². The number of hydrogen-bond donors (Lipinski definition) is 0. The molecule has 0 atom stereocenters. The minimum Gasteiger partial charge on any atom is -0.505 e. The highest BCUT2D eigenvalue weighted by Crippen LogP contribution is 2.23. The Morgan fingerprint density at radius 1 is 1.25 bits per heavy atom. The maximum atomic E-state index is 13.5. The topological polar surface area (TPSA) is 18.5 Å². The van der Waals surface area contributed by atoms with Gasteiger partial charge in [0.1, 0.15) is 0 Å². The van der Waals surface area contributed by atoms with Crippen LogP contribution in [0.15, 0.2) is 24.5 Å². The third-order valence-corrected chi connectivity index (χ3v) is 2.00. The van der Waals surface area contributed by atoms with Crippen LogP contribution in [0.2, 0.25) is 0 Å². The normalized spacial score (nSPS) is 10.8. The Balaban J connectivity index is 2.88. The molecule has 0 aliphatic carbocycles. The van der Waals surface area contributed by atoms with Crippen LogP contribution in [0.5, 0.6) is 5.75 Å². The lowest BCUT2D eigenvalue weighted by molar-refractivity contribution is 0.313. The van der Waals surface area contributed by atoms with Gasteiger partial charge < -0.3 is 9.47 Å². The van der Waals surface area contributed by atoms with Gasteiger partial charge >= 0.3 is 0 Å². The highest BCUT2D eigenvalue weighted by molar-refractivity contribution is 5.32. The Hall–Kier alpha value is -1.58. The van der Waals surface area contributed by atoms with Crippen LogP contribution in [0, 0.1) is 11.6 Å². The number of halogens is 2. The minimum absolute atomic E-state index is 0.0560. The molecule has 2 nitrogen and oxygen atoms in total. The molecule has 88 valence electrons. The van der Waals surface area contributed by atoms with Crippen LogP contribution in [0.4, 0.5) is 8.78 Å². The lowest BCUT2D eigenvalue weighted by atomic mass is 10.1. The Morgan fingerprint density at radius 2 is 2.00 bits per heavy atom. The second-order valence-corrected chi connectivity index (χ2v) is 3.10. The molecule has 1 aromatic rings. The van der Waals surface area contributed by atoms with Crippen molar-refractivity contribution in [2.24, 2.45) is 0 Å². The molecule has 0 aliphatic heterocycles. The summed E-state index contributed by atoms with van der Waals surface area (Å²) in [6.07, 6.45) is 3.31. The van der Waals surface area contributed by atoms with Crippen LogP contribution in [-0.2, 0) is 11.2 Å². The van der Waals surface area contributed by atoms with Crippen LogP contribution >= 0.6 is 0 Å². The molecule has 0 amide bonds. The highest BCUT2D eigenvalue weighted by atomic mass is 19.2. The smallest absolute Gasteiger partial charge is 0.200 e. The van der Waals surface area contributed by atoms with E-state index in [0.717, 1.165) is 0 Å². The number of benzene rings is 1. The Labute approximate surface area is 93.5 Å². The van der Waals surface area contributed by atoms with Crippen LogP contribution in [0.3, 0.4) is 0 Å². The van der Waals surface area contributed by atoms with Gasteiger partial charge in [-0.1, -0.05) is 6.07 Å². The maximum Gasteiger partial charge on any atom is 0.200 e. The van der Waals surface area contributed by atoms with E-state index >= 15 is 0 Å². The summed E-state index contributed by atoms with van der Waals surface area (Å²) in [5.74, 6) is -1.86. The summed E-state index contributed by atoms with van der Waals surface area (Å²) in [6.45, 7) is 2.02. The molecule has 0 bridgehead atoms. The third kappa shape index (κ3) is 2.95. The van der Waals surface area contributed by atoms with E-state index in [1.165, 1.54) is 25.5 Å². The van der Waals surface area contributed by atoms with Crippen molar-refractivity contribution in [2.45, 2.75) is 13.3 Å².